The van der Waals surface area contributed by atoms with Gasteiger partial charge in [0.2, 0.25) is 0 Å². The highest BCUT2D eigenvalue weighted by Crippen LogP contribution is 2.36. The fourth-order valence-corrected chi connectivity index (χ4v) is 1.20. The third kappa shape index (κ3) is 10.3. The Hall–Kier alpha value is 0. The lowest BCUT2D eigenvalue weighted by Gasteiger charge is -1.72. The predicted octanol–water partition coefficient (Wildman–Crippen LogP) is 5.52. The Morgan fingerprint density at radius 1 is 0.867 bits per heavy atom. The summed E-state index contributed by atoms with van der Waals surface area (Å²) >= 11 is 0. The average Bonchev–Trinajstić information content (AvgIpc) is 2.94. The first kappa shape index (κ1) is 15.0. The summed E-state index contributed by atoms with van der Waals surface area (Å²) in [6.07, 6.45) is 8.88. The quantitative estimate of drug-likeness (QED) is 0.537. The van der Waals surface area contributed by atoms with Crippen LogP contribution < -0.4 is 0 Å². The molecule has 0 spiro atoms. The van der Waals surface area contributed by atoms with Crippen molar-refractivity contribution in [3.05, 3.63) is 0 Å². The first-order chi connectivity index (χ1) is 6.63. The second kappa shape index (κ2) is 7.30. The van der Waals surface area contributed by atoms with E-state index in [1.807, 2.05) is 0 Å². The summed E-state index contributed by atoms with van der Waals surface area (Å²) in [7, 11) is 0. The summed E-state index contributed by atoms with van der Waals surface area (Å²) in [6, 6.07) is 0. The van der Waals surface area contributed by atoms with E-state index in [-0.39, 0.29) is 7.43 Å². The van der Waals surface area contributed by atoms with Gasteiger partial charge in [-0.2, -0.15) is 0 Å². The van der Waals surface area contributed by atoms with Gasteiger partial charge in [0.05, 0.1) is 0 Å². The Morgan fingerprint density at radius 3 is 1.20 bits per heavy atom. The van der Waals surface area contributed by atoms with Gasteiger partial charge in [-0.1, -0.05) is 67.2 Å². The van der Waals surface area contributed by atoms with E-state index in [0.29, 0.717) is 0 Å². The Morgan fingerprint density at radius 2 is 1.20 bits per heavy atom. The lowest BCUT2D eigenvalue weighted by atomic mass is 10.3. The lowest BCUT2D eigenvalue weighted by Crippen LogP contribution is -1.59. The summed E-state index contributed by atoms with van der Waals surface area (Å²) in [5.41, 5.74) is 0. The summed E-state index contributed by atoms with van der Waals surface area (Å²) in [4.78, 5) is 0. The fourth-order valence-electron chi connectivity index (χ4n) is 1.20. The van der Waals surface area contributed by atoms with Gasteiger partial charge in [0.15, 0.2) is 0 Å². The molecule has 0 amide bonds. The zero-order valence-corrected chi connectivity index (χ0v) is 10.6. The molecule has 0 heterocycles. The highest BCUT2D eigenvalue weighted by molar-refractivity contribution is 4.76. The van der Waals surface area contributed by atoms with Crippen LogP contribution in [0.3, 0.4) is 0 Å². The molecule has 2 atom stereocenters. The molecule has 0 radical (unpaired) electrons. The fraction of sp³-hybridized carbons (Fsp3) is 1.00. The normalized spacial score (nSPS) is 31.2. The van der Waals surface area contributed by atoms with Crippen LogP contribution in [-0.4, -0.2) is 0 Å². The van der Waals surface area contributed by atoms with Crippen LogP contribution in [0.2, 0.25) is 0 Å². The Kier molecular flexibility index (Phi) is 7.30. The van der Waals surface area contributed by atoms with Crippen molar-refractivity contribution >= 4 is 0 Å². The van der Waals surface area contributed by atoms with Gasteiger partial charge in [0.25, 0.3) is 0 Å². The number of rotatable bonds is 1. The SMILES string of the molecule is C.CC1CC1.CC1CC1C.CCC1CC1. The first-order valence-corrected chi connectivity index (χ1v) is 6.63. The van der Waals surface area contributed by atoms with Crippen LogP contribution in [-0.2, 0) is 0 Å². The molecule has 0 bridgehead atoms. The van der Waals surface area contributed by atoms with E-state index >= 15 is 0 Å². The molecular weight excluding hydrogens is 180 g/mol. The van der Waals surface area contributed by atoms with Crippen LogP contribution in [0.25, 0.3) is 0 Å². The van der Waals surface area contributed by atoms with E-state index in [0.717, 1.165) is 23.7 Å². The van der Waals surface area contributed by atoms with Gasteiger partial charge in [-0.15, -0.1) is 0 Å². The van der Waals surface area contributed by atoms with E-state index in [4.69, 9.17) is 0 Å². The van der Waals surface area contributed by atoms with Crippen molar-refractivity contribution in [1.82, 2.24) is 0 Å². The van der Waals surface area contributed by atoms with Crippen molar-refractivity contribution in [3.8, 4) is 0 Å². The molecule has 0 saturated heterocycles. The third-order valence-electron chi connectivity index (χ3n) is 3.65. The van der Waals surface area contributed by atoms with Crippen molar-refractivity contribution in [2.45, 2.75) is 73.6 Å². The third-order valence-corrected chi connectivity index (χ3v) is 3.65. The summed E-state index contributed by atoms with van der Waals surface area (Å²) in [5, 5.41) is 0. The molecule has 15 heavy (non-hydrogen) atoms. The Balaban J connectivity index is 0.000000191. The average molecular weight is 212 g/mol. The molecule has 3 fully saturated rings. The zero-order valence-electron chi connectivity index (χ0n) is 10.6. The van der Waals surface area contributed by atoms with E-state index in [2.05, 4.69) is 27.7 Å². The van der Waals surface area contributed by atoms with Gasteiger partial charge >= 0.3 is 0 Å². The molecular formula is C15H32. The van der Waals surface area contributed by atoms with Crippen LogP contribution in [0.1, 0.15) is 73.6 Å². The van der Waals surface area contributed by atoms with Crippen molar-refractivity contribution < 1.29 is 0 Å². The highest BCUT2D eigenvalue weighted by Gasteiger charge is 2.26. The van der Waals surface area contributed by atoms with Crippen LogP contribution >= 0.6 is 0 Å². The summed E-state index contributed by atoms with van der Waals surface area (Å²) in [5.74, 6) is 4.32. The number of hydrogen-bond acceptors (Lipinski definition) is 0. The number of hydrogen-bond donors (Lipinski definition) is 0. The molecule has 0 aromatic rings. The van der Waals surface area contributed by atoms with Gasteiger partial charge in [-0.05, 0) is 30.1 Å². The largest absolute Gasteiger partial charge is 0.0776 e. The van der Waals surface area contributed by atoms with E-state index < -0.39 is 0 Å². The molecule has 0 aliphatic heterocycles. The topological polar surface area (TPSA) is 0 Å². The van der Waals surface area contributed by atoms with Crippen LogP contribution in [0, 0.1) is 23.7 Å². The van der Waals surface area contributed by atoms with E-state index in [9.17, 15) is 0 Å². The van der Waals surface area contributed by atoms with Crippen molar-refractivity contribution in [2.75, 3.05) is 0 Å². The maximum atomic E-state index is 2.30. The van der Waals surface area contributed by atoms with Crippen LogP contribution in [0.4, 0.5) is 0 Å². The van der Waals surface area contributed by atoms with Gasteiger partial charge in [-0.25, -0.2) is 0 Å². The van der Waals surface area contributed by atoms with Gasteiger partial charge in [0.1, 0.15) is 0 Å². The van der Waals surface area contributed by atoms with Crippen molar-refractivity contribution in [3.63, 3.8) is 0 Å². The highest BCUT2D eigenvalue weighted by atomic mass is 14.3. The molecule has 0 aromatic carbocycles. The maximum Gasteiger partial charge on any atom is -0.0414 e. The Bertz CT molecular complexity index is 136. The molecule has 3 aliphatic rings. The lowest BCUT2D eigenvalue weighted by molar-refractivity contribution is 0.799. The molecule has 3 saturated carbocycles. The zero-order chi connectivity index (χ0) is 10.6. The second-order valence-electron chi connectivity index (χ2n) is 5.72. The Labute approximate surface area is 97.8 Å². The van der Waals surface area contributed by atoms with E-state index in [1.165, 1.54) is 38.5 Å². The molecule has 0 N–H and O–H groups in total. The molecule has 92 valence electrons. The molecule has 0 heteroatoms. The van der Waals surface area contributed by atoms with Gasteiger partial charge in [-0.3, -0.25) is 0 Å². The standard InChI is InChI=1S/2C5H10.C4H8.CH4/c1-4-3-5(4)2;1-2-5-3-4-5;1-4-2-3-4;/h4-5H,3H2,1-2H3;5H,2-4H2,1H3;4H,2-3H2,1H3;1H4. The molecule has 0 aromatic heterocycles. The van der Waals surface area contributed by atoms with Crippen molar-refractivity contribution in [1.29, 1.82) is 0 Å². The van der Waals surface area contributed by atoms with E-state index in [1.54, 1.807) is 0 Å². The predicted molar refractivity (Wildman–Crippen MR) is 71.1 cm³/mol. The molecule has 3 rings (SSSR count). The monoisotopic (exact) mass is 212 g/mol. The first-order valence-electron chi connectivity index (χ1n) is 6.63. The minimum Gasteiger partial charge on any atom is -0.0776 e. The maximum absolute atomic E-state index is 2.30. The smallest absolute Gasteiger partial charge is 0.0414 e. The minimum atomic E-state index is 0. The summed E-state index contributed by atoms with van der Waals surface area (Å²) in [6.45, 7) is 9.13. The molecule has 2 unspecified atom stereocenters. The molecule has 3 aliphatic carbocycles. The second-order valence-corrected chi connectivity index (χ2v) is 5.72. The minimum absolute atomic E-state index is 0. The van der Waals surface area contributed by atoms with Gasteiger partial charge < -0.3 is 0 Å². The van der Waals surface area contributed by atoms with Gasteiger partial charge in [0, 0.05) is 0 Å². The van der Waals surface area contributed by atoms with Crippen LogP contribution in [0.5, 0.6) is 0 Å². The van der Waals surface area contributed by atoms with Crippen molar-refractivity contribution in [2.24, 2.45) is 23.7 Å². The van der Waals surface area contributed by atoms with Crippen LogP contribution in [0.15, 0.2) is 0 Å². The molecule has 0 nitrogen and oxygen atoms in total. The summed E-state index contributed by atoms with van der Waals surface area (Å²) < 4.78 is 0.